The Balaban J connectivity index is 2.54. The lowest BCUT2D eigenvalue weighted by atomic mass is 10.1. The third kappa shape index (κ3) is 7.85. The summed E-state index contributed by atoms with van der Waals surface area (Å²) in [5.74, 6) is -0.899. The first-order valence-corrected chi connectivity index (χ1v) is 14.2. The van der Waals surface area contributed by atoms with Gasteiger partial charge in [-0.3, -0.25) is 13.9 Å². The third-order valence-corrected chi connectivity index (χ3v) is 7.58. The van der Waals surface area contributed by atoms with Crippen LogP contribution in [0.25, 0.3) is 0 Å². The second-order valence-corrected chi connectivity index (χ2v) is 12.6. The SMILES string of the molecule is CC[C@H](C(=O)NC(C)(C)C)N(Cc1c(Cl)cccc1Cl)C(=O)CN(c1ccc(C)c(C)c1)S(C)(=O)=O. The van der Waals surface area contributed by atoms with Crippen molar-refractivity contribution in [2.75, 3.05) is 17.1 Å². The minimum absolute atomic E-state index is 0.0576. The Morgan fingerprint density at radius 3 is 2.08 bits per heavy atom. The Kier molecular flexibility index (Phi) is 9.84. The van der Waals surface area contributed by atoms with Crippen molar-refractivity contribution >= 4 is 50.7 Å². The minimum atomic E-state index is -3.81. The lowest BCUT2D eigenvalue weighted by Gasteiger charge is -2.35. The summed E-state index contributed by atoms with van der Waals surface area (Å²) in [6, 6.07) is 9.32. The van der Waals surface area contributed by atoms with Gasteiger partial charge in [0.1, 0.15) is 12.6 Å². The van der Waals surface area contributed by atoms with Gasteiger partial charge < -0.3 is 10.2 Å². The predicted octanol–water partition coefficient (Wildman–Crippen LogP) is 5.10. The van der Waals surface area contributed by atoms with Gasteiger partial charge in [0, 0.05) is 27.7 Å². The lowest BCUT2D eigenvalue weighted by molar-refractivity contribution is -0.141. The molecule has 2 aromatic rings. The number of hydrogen-bond donors (Lipinski definition) is 1. The van der Waals surface area contributed by atoms with E-state index in [-0.39, 0.29) is 12.5 Å². The van der Waals surface area contributed by atoms with E-state index in [9.17, 15) is 18.0 Å². The molecular formula is C26H35Cl2N3O4S. The highest BCUT2D eigenvalue weighted by Crippen LogP contribution is 2.28. The highest BCUT2D eigenvalue weighted by Gasteiger charge is 2.33. The Bertz CT molecular complexity index is 1210. The summed E-state index contributed by atoms with van der Waals surface area (Å²) in [6.07, 6.45) is 1.35. The second-order valence-electron chi connectivity index (χ2n) is 9.92. The van der Waals surface area contributed by atoms with Crippen LogP contribution in [0.15, 0.2) is 36.4 Å². The van der Waals surface area contributed by atoms with Gasteiger partial charge in [0.15, 0.2) is 0 Å². The van der Waals surface area contributed by atoms with Crippen molar-refractivity contribution in [1.29, 1.82) is 0 Å². The summed E-state index contributed by atoms with van der Waals surface area (Å²) in [4.78, 5) is 28.4. The molecule has 0 unspecified atom stereocenters. The number of rotatable bonds is 9. The van der Waals surface area contributed by atoms with E-state index in [0.29, 0.717) is 27.7 Å². The Morgan fingerprint density at radius 2 is 1.61 bits per heavy atom. The molecule has 2 aromatic carbocycles. The Morgan fingerprint density at radius 1 is 1.03 bits per heavy atom. The maximum atomic E-state index is 13.8. The van der Waals surface area contributed by atoms with E-state index in [1.807, 2.05) is 34.6 Å². The molecule has 0 spiro atoms. The van der Waals surface area contributed by atoms with Crippen molar-refractivity contribution in [1.82, 2.24) is 10.2 Å². The van der Waals surface area contributed by atoms with Crippen LogP contribution >= 0.6 is 23.2 Å². The van der Waals surface area contributed by atoms with Gasteiger partial charge >= 0.3 is 0 Å². The summed E-state index contributed by atoms with van der Waals surface area (Å²) in [7, 11) is -3.81. The number of hydrogen-bond acceptors (Lipinski definition) is 4. The van der Waals surface area contributed by atoms with Crippen LogP contribution in [0.5, 0.6) is 0 Å². The number of nitrogens with zero attached hydrogens (tertiary/aromatic N) is 2. The number of amides is 2. The van der Waals surface area contributed by atoms with E-state index in [1.165, 1.54) is 4.90 Å². The smallest absolute Gasteiger partial charge is 0.244 e. The van der Waals surface area contributed by atoms with E-state index in [1.54, 1.807) is 43.3 Å². The monoisotopic (exact) mass is 555 g/mol. The molecule has 0 radical (unpaired) electrons. The van der Waals surface area contributed by atoms with Crippen LogP contribution < -0.4 is 9.62 Å². The summed E-state index contributed by atoms with van der Waals surface area (Å²) in [5.41, 5.74) is 2.22. The standard InChI is InChI=1S/C26H35Cl2N3O4S/c1-8-23(25(33)29-26(4,5)6)30(15-20-21(27)10-9-11-22(20)28)24(32)16-31(36(7,34)35)19-13-12-17(2)18(3)14-19/h9-14,23H,8,15-16H2,1-7H3,(H,29,33)/t23-/m1/s1. The van der Waals surface area contributed by atoms with Gasteiger partial charge in [-0.15, -0.1) is 0 Å². The Labute approximate surface area is 224 Å². The minimum Gasteiger partial charge on any atom is -0.350 e. The van der Waals surface area contributed by atoms with E-state index >= 15 is 0 Å². The molecule has 0 heterocycles. The normalized spacial score (nSPS) is 12.7. The molecule has 2 rings (SSSR count). The van der Waals surface area contributed by atoms with E-state index in [4.69, 9.17) is 23.2 Å². The molecule has 0 aliphatic rings. The van der Waals surface area contributed by atoms with Gasteiger partial charge in [-0.25, -0.2) is 8.42 Å². The lowest BCUT2D eigenvalue weighted by Crippen LogP contribution is -2.55. The molecule has 36 heavy (non-hydrogen) atoms. The molecule has 0 fully saturated rings. The molecule has 7 nitrogen and oxygen atoms in total. The number of carbonyl (C=O) groups excluding carboxylic acids is 2. The first kappa shape index (κ1) is 29.9. The topological polar surface area (TPSA) is 86.8 Å². The van der Waals surface area contributed by atoms with Crippen molar-refractivity contribution in [2.24, 2.45) is 0 Å². The largest absolute Gasteiger partial charge is 0.350 e. The van der Waals surface area contributed by atoms with E-state index in [2.05, 4.69) is 5.32 Å². The van der Waals surface area contributed by atoms with Crippen LogP contribution in [-0.4, -0.2) is 49.5 Å². The molecular weight excluding hydrogens is 521 g/mol. The summed E-state index contributed by atoms with van der Waals surface area (Å²) < 4.78 is 26.5. The van der Waals surface area contributed by atoms with E-state index in [0.717, 1.165) is 21.7 Å². The van der Waals surface area contributed by atoms with Crippen molar-refractivity contribution in [3.05, 3.63) is 63.1 Å². The zero-order valence-corrected chi connectivity index (χ0v) is 24.2. The number of carbonyl (C=O) groups is 2. The van der Waals surface area contributed by atoms with Gasteiger partial charge in [-0.2, -0.15) is 0 Å². The molecule has 0 aliphatic carbocycles. The third-order valence-electron chi connectivity index (χ3n) is 5.73. The number of sulfonamides is 1. The predicted molar refractivity (Wildman–Crippen MR) is 147 cm³/mol. The number of halogens is 2. The Hall–Kier alpha value is -2.29. The number of nitrogens with one attached hydrogen (secondary N) is 1. The molecule has 10 heteroatoms. The van der Waals surface area contributed by atoms with Crippen LogP contribution in [0, 0.1) is 13.8 Å². The number of anilines is 1. The molecule has 0 saturated carbocycles. The van der Waals surface area contributed by atoms with E-state index < -0.39 is 34.1 Å². The van der Waals surface area contributed by atoms with Crippen molar-refractivity contribution < 1.29 is 18.0 Å². The zero-order chi connectivity index (χ0) is 27.4. The van der Waals surface area contributed by atoms with Crippen LogP contribution in [0.3, 0.4) is 0 Å². The maximum Gasteiger partial charge on any atom is 0.244 e. The molecule has 1 N–H and O–H groups in total. The molecule has 0 bridgehead atoms. The average Bonchev–Trinajstić information content (AvgIpc) is 2.73. The number of benzene rings is 2. The summed E-state index contributed by atoms with van der Waals surface area (Å²) in [5, 5.41) is 3.61. The summed E-state index contributed by atoms with van der Waals surface area (Å²) >= 11 is 12.8. The first-order valence-electron chi connectivity index (χ1n) is 11.6. The van der Waals surface area contributed by atoms with Crippen LogP contribution in [0.2, 0.25) is 10.0 Å². The highest BCUT2D eigenvalue weighted by atomic mass is 35.5. The van der Waals surface area contributed by atoms with Crippen molar-refractivity contribution in [2.45, 2.75) is 66.1 Å². The quantitative estimate of drug-likeness (QED) is 0.466. The van der Waals surface area contributed by atoms with Crippen LogP contribution in [0.4, 0.5) is 5.69 Å². The van der Waals surface area contributed by atoms with Gasteiger partial charge in [0.25, 0.3) is 0 Å². The maximum absolute atomic E-state index is 13.8. The fraction of sp³-hybridized carbons (Fsp3) is 0.462. The highest BCUT2D eigenvalue weighted by molar-refractivity contribution is 7.92. The van der Waals surface area contributed by atoms with Crippen LogP contribution in [0.1, 0.15) is 50.8 Å². The number of aryl methyl sites for hydroxylation is 2. The van der Waals surface area contributed by atoms with Crippen molar-refractivity contribution in [3.63, 3.8) is 0 Å². The molecule has 0 saturated heterocycles. The average molecular weight is 557 g/mol. The molecule has 1 atom stereocenters. The van der Waals surface area contributed by atoms with Gasteiger partial charge in [-0.05, 0) is 76.4 Å². The van der Waals surface area contributed by atoms with Gasteiger partial charge in [-0.1, -0.05) is 42.3 Å². The van der Waals surface area contributed by atoms with Crippen molar-refractivity contribution in [3.8, 4) is 0 Å². The molecule has 2 amide bonds. The molecule has 0 aromatic heterocycles. The van der Waals surface area contributed by atoms with Crippen LogP contribution in [-0.2, 0) is 26.2 Å². The molecule has 0 aliphatic heterocycles. The molecule has 198 valence electrons. The first-order chi connectivity index (χ1) is 16.5. The zero-order valence-electron chi connectivity index (χ0n) is 21.9. The second kappa shape index (κ2) is 11.8. The van der Waals surface area contributed by atoms with Gasteiger partial charge in [0.2, 0.25) is 21.8 Å². The van der Waals surface area contributed by atoms with Gasteiger partial charge in [0.05, 0.1) is 11.9 Å². The fourth-order valence-electron chi connectivity index (χ4n) is 3.72. The summed E-state index contributed by atoms with van der Waals surface area (Å²) in [6.45, 7) is 10.6. The fourth-order valence-corrected chi connectivity index (χ4v) is 5.08.